The molecule has 1 aromatic carbocycles. The summed E-state index contributed by atoms with van der Waals surface area (Å²) < 4.78 is 11.2. The number of rotatable bonds is 7. The van der Waals surface area contributed by atoms with Crippen LogP contribution in [0.15, 0.2) is 24.3 Å². The second-order valence-electron chi connectivity index (χ2n) is 5.15. The van der Waals surface area contributed by atoms with Crippen LogP contribution in [0.1, 0.15) is 25.5 Å². The summed E-state index contributed by atoms with van der Waals surface area (Å²) in [6.45, 7) is 10.7. The van der Waals surface area contributed by atoms with E-state index in [0.29, 0.717) is 6.04 Å². The van der Waals surface area contributed by atoms with Gasteiger partial charge in [-0.2, -0.15) is 0 Å². The predicted molar refractivity (Wildman–Crippen MR) is 81.3 cm³/mol. The number of nitrogens with zero attached hydrogens (tertiary/aromatic N) is 1. The summed E-state index contributed by atoms with van der Waals surface area (Å²) in [4.78, 5) is 2.38. The Labute approximate surface area is 122 Å². The fourth-order valence-electron chi connectivity index (χ4n) is 2.42. The Hall–Kier alpha value is -1.10. The van der Waals surface area contributed by atoms with E-state index in [1.165, 1.54) is 5.56 Å². The van der Waals surface area contributed by atoms with Crippen molar-refractivity contribution in [3.05, 3.63) is 29.8 Å². The molecule has 4 nitrogen and oxygen atoms in total. The molecule has 1 unspecified atom stereocenters. The highest BCUT2D eigenvalue weighted by Crippen LogP contribution is 2.19. The number of morpholine rings is 1. The highest BCUT2D eigenvalue weighted by molar-refractivity contribution is 5.30. The molecular weight excluding hydrogens is 252 g/mol. The normalized spacial score (nSPS) is 17.9. The van der Waals surface area contributed by atoms with Crippen molar-refractivity contribution in [2.45, 2.75) is 19.9 Å². The van der Waals surface area contributed by atoms with Crippen LogP contribution in [0.2, 0.25) is 0 Å². The molecule has 0 aromatic heterocycles. The molecule has 0 amide bonds. The van der Waals surface area contributed by atoms with E-state index >= 15 is 0 Å². The first kappa shape index (κ1) is 15.3. The monoisotopic (exact) mass is 278 g/mol. The van der Waals surface area contributed by atoms with Gasteiger partial charge in [-0.15, -0.1) is 0 Å². The summed E-state index contributed by atoms with van der Waals surface area (Å²) in [6.07, 6.45) is 0. The van der Waals surface area contributed by atoms with Gasteiger partial charge in [-0.3, -0.25) is 4.90 Å². The van der Waals surface area contributed by atoms with E-state index in [0.717, 1.165) is 51.7 Å². The first-order chi connectivity index (χ1) is 9.79. The van der Waals surface area contributed by atoms with Gasteiger partial charge in [0.1, 0.15) is 12.4 Å². The van der Waals surface area contributed by atoms with Gasteiger partial charge in [0.25, 0.3) is 0 Å². The van der Waals surface area contributed by atoms with Crippen LogP contribution in [0.25, 0.3) is 0 Å². The minimum absolute atomic E-state index is 0.364. The zero-order valence-electron chi connectivity index (χ0n) is 12.6. The van der Waals surface area contributed by atoms with Crippen LogP contribution >= 0.6 is 0 Å². The second kappa shape index (κ2) is 8.25. The number of nitrogens with one attached hydrogen (secondary N) is 1. The number of hydrogen-bond acceptors (Lipinski definition) is 4. The fourth-order valence-corrected chi connectivity index (χ4v) is 2.42. The Kier molecular flexibility index (Phi) is 6.30. The molecule has 2 rings (SSSR count). The van der Waals surface area contributed by atoms with Crippen LogP contribution in [0, 0.1) is 0 Å². The quantitative estimate of drug-likeness (QED) is 0.828. The van der Waals surface area contributed by atoms with E-state index in [1.807, 2.05) is 6.07 Å². The maximum absolute atomic E-state index is 5.87. The van der Waals surface area contributed by atoms with Gasteiger partial charge in [-0.25, -0.2) is 0 Å². The molecule has 0 spiro atoms. The summed E-state index contributed by atoms with van der Waals surface area (Å²) >= 11 is 0. The van der Waals surface area contributed by atoms with Gasteiger partial charge in [0, 0.05) is 25.7 Å². The van der Waals surface area contributed by atoms with Crippen LogP contribution < -0.4 is 10.1 Å². The van der Waals surface area contributed by atoms with Crippen molar-refractivity contribution in [2.75, 3.05) is 46.0 Å². The van der Waals surface area contributed by atoms with Crippen LogP contribution in [0.5, 0.6) is 5.75 Å². The molecular formula is C16H26N2O2. The fraction of sp³-hybridized carbons (Fsp3) is 0.625. The summed E-state index contributed by atoms with van der Waals surface area (Å²) in [5.41, 5.74) is 1.27. The molecule has 1 aliphatic rings. The van der Waals surface area contributed by atoms with Gasteiger partial charge in [0.2, 0.25) is 0 Å². The van der Waals surface area contributed by atoms with E-state index in [1.54, 1.807) is 0 Å². The summed E-state index contributed by atoms with van der Waals surface area (Å²) in [6, 6.07) is 8.73. The summed E-state index contributed by atoms with van der Waals surface area (Å²) in [7, 11) is 0. The maximum atomic E-state index is 5.87. The molecule has 0 aliphatic carbocycles. The first-order valence-electron chi connectivity index (χ1n) is 7.56. The van der Waals surface area contributed by atoms with Crippen LogP contribution in [-0.4, -0.2) is 50.9 Å². The van der Waals surface area contributed by atoms with Crippen LogP contribution in [0.4, 0.5) is 0 Å². The van der Waals surface area contributed by atoms with Gasteiger partial charge < -0.3 is 14.8 Å². The van der Waals surface area contributed by atoms with Crippen LogP contribution in [-0.2, 0) is 4.74 Å². The van der Waals surface area contributed by atoms with Crippen molar-refractivity contribution in [2.24, 2.45) is 0 Å². The third-order valence-electron chi connectivity index (χ3n) is 3.65. The lowest BCUT2D eigenvalue weighted by molar-refractivity contribution is 0.0322. The molecule has 112 valence electrons. The highest BCUT2D eigenvalue weighted by atomic mass is 16.5. The molecule has 1 N–H and O–H groups in total. The van der Waals surface area contributed by atoms with Crippen molar-refractivity contribution in [1.29, 1.82) is 0 Å². The standard InChI is InChI=1S/C16H26N2O2/c1-3-17-14(2)15-5-4-6-16(13-15)20-12-9-18-7-10-19-11-8-18/h4-6,13-14,17H,3,7-12H2,1-2H3. The Balaban J connectivity index is 1.78. The van der Waals surface area contributed by atoms with Crippen molar-refractivity contribution in [3.8, 4) is 5.75 Å². The third kappa shape index (κ3) is 4.78. The molecule has 1 saturated heterocycles. The lowest BCUT2D eigenvalue weighted by atomic mass is 10.1. The summed E-state index contributed by atoms with van der Waals surface area (Å²) in [5.74, 6) is 0.959. The Morgan fingerprint density at radius 2 is 2.15 bits per heavy atom. The van der Waals surface area contributed by atoms with E-state index in [9.17, 15) is 0 Å². The molecule has 1 atom stereocenters. The lowest BCUT2D eigenvalue weighted by Gasteiger charge is -2.26. The molecule has 1 fully saturated rings. The molecule has 0 bridgehead atoms. The maximum Gasteiger partial charge on any atom is 0.119 e. The van der Waals surface area contributed by atoms with E-state index in [2.05, 4.69) is 42.3 Å². The van der Waals surface area contributed by atoms with E-state index in [4.69, 9.17) is 9.47 Å². The van der Waals surface area contributed by atoms with Crippen molar-refractivity contribution in [3.63, 3.8) is 0 Å². The molecule has 1 aliphatic heterocycles. The molecule has 1 aromatic rings. The number of benzene rings is 1. The van der Waals surface area contributed by atoms with Gasteiger partial charge in [-0.1, -0.05) is 19.1 Å². The average molecular weight is 278 g/mol. The number of ether oxygens (including phenoxy) is 2. The Morgan fingerprint density at radius 3 is 2.90 bits per heavy atom. The SMILES string of the molecule is CCNC(C)c1cccc(OCCN2CCOCC2)c1. The first-order valence-corrected chi connectivity index (χ1v) is 7.56. The highest BCUT2D eigenvalue weighted by Gasteiger charge is 2.10. The van der Waals surface area contributed by atoms with Gasteiger partial charge >= 0.3 is 0 Å². The van der Waals surface area contributed by atoms with E-state index < -0.39 is 0 Å². The minimum Gasteiger partial charge on any atom is -0.492 e. The molecule has 4 heteroatoms. The van der Waals surface area contributed by atoms with Crippen LogP contribution in [0.3, 0.4) is 0 Å². The molecule has 1 heterocycles. The topological polar surface area (TPSA) is 33.7 Å². The zero-order chi connectivity index (χ0) is 14.2. The molecule has 20 heavy (non-hydrogen) atoms. The zero-order valence-corrected chi connectivity index (χ0v) is 12.6. The minimum atomic E-state index is 0.364. The largest absolute Gasteiger partial charge is 0.492 e. The van der Waals surface area contributed by atoms with Gasteiger partial charge in [-0.05, 0) is 31.2 Å². The second-order valence-corrected chi connectivity index (χ2v) is 5.15. The number of hydrogen-bond donors (Lipinski definition) is 1. The third-order valence-corrected chi connectivity index (χ3v) is 3.65. The predicted octanol–water partition coefficient (Wildman–Crippen LogP) is 2.07. The summed E-state index contributed by atoms with van der Waals surface area (Å²) in [5, 5.41) is 3.42. The van der Waals surface area contributed by atoms with Gasteiger partial charge in [0.15, 0.2) is 0 Å². The Morgan fingerprint density at radius 1 is 1.35 bits per heavy atom. The molecule has 0 radical (unpaired) electrons. The Bertz CT molecular complexity index is 392. The average Bonchev–Trinajstić information content (AvgIpc) is 2.49. The van der Waals surface area contributed by atoms with Crippen molar-refractivity contribution in [1.82, 2.24) is 10.2 Å². The van der Waals surface area contributed by atoms with Gasteiger partial charge in [0.05, 0.1) is 13.2 Å². The van der Waals surface area contributed by atoms with Crippen molar-refractivity contribution >= 4 is 0 Å². The molecule has 0 saturated carbocycles. The smallest absolute Gasteiger partial charge is 0.119 e. The van der Waals surface area contributed by atoms with Crippen molar-refractivity contribution < 1.29 is 9.47 Å². The lowest BCUT2D eigenvalue weighted by Crippen LogP contribution is -2.38. The van der Waals surface area contributed by atoms with E-state index in [-0.39, 0.29) is 0 Å².